The number of aliphatic hydroxyl groups is 2. The molecule has 1 amide bonds. The predicted octanol–water partition coefficient (Wildman–Crippen LogP) is 1.70. The minimum atomic E-state index is -1.46. The third kappa shape index (κ3) is 2.66. The third-order valence-electron chi connectivity index (χ3n) is 4.09. The number of thiazole rings is 1. The van der Waals surface area contributed by atoms with Crippen LogP contribution in [0.2, 0.25) is 0 Å². The van der Waals surface area contributed by atoms with Crippen LogP contribution in [0.15, 0.2) is 24.3 Å². The van der Waals surface area contributed by atoms with E-state index in [0.29, 0.717) is 5.01 Å². The lowest BCUT2D eigenvalue weighted by molar-refractivity contribution is -0.148. The van der Waals surface area contributed by atoms with Crippen LogP contribution in [0.3, 0.4) is 0 Å². The van der Waals surface area contributed by atoms with Crippen molar-refractivity contribution in [3.63, 3.8) is 0 Å². The van der Waals surface area contributed by atoms with E-state index in [1.54, 1.807) is 11.9 Å². The average molecular weight is 306 g/mol. The molecule has 3 rings (SSSR count). The first-order chi connectivity index (χ1) is 10.1. The maximum Gasteiger partial charge on any atom is 0.254 e. The first kappa shape index (κ1) is 14.4. The SMILES string of the molecule is CN(C(=O)[C@H](O)[C@H](O)c1nc2ccccc2s1)C1CCC1. The Morgan fingerprint density at radius 1 is 1.38 bits per heavy atom. The van der Waals surface area contributed by atoms with E-state index < -0.39 is 18.1 Å². The summed E-state index contributed by atoms with van der Waals surface area (Å²) in [6.07, 6.45) is 0.297. The summed E-state index contributed by atoms with van der Waals surface area (Å²) in [4.78, 5) is 18.0. The van der Waals surface area contributed by atoms with E-state index in [-0.39, 0.29) is 6.04 Å². The fourth-order valence-electron chi connectivity index (χ4n) is 2.45. The Bertz CT molecular complexity index is 620. The van der Waals surface area contributed by atoms with E-state index in [1.807, 2.05) is 24.3 Å². The van der Waals surface area contributed by atoms with Gasteiger partial charge in [0, 0.05) is 13.1 Å². The minimum absolute atomic E-state index is 0.190. The molecular formula is C15H18N2O3S. The molecule has 1 aliphatic carbocycles. The monoisotopic (exact) mass is 306 g/mol. The summed E-state index contributed by atoms with van der Waals surface area (Å²) < 4.78 is 0.929. The number of aromatic nitrogens is 1. The molecule has 1 heterocycles. The van der Waals surface area contributed by atoms with Gasteiger partial charge in [0.15, 0.2) is 6.10 Å². The van der Waals surface area contributed by atoms with Crippen molar-refractivity contribution in [1.82, 2.24) is 9.88 Å². The molecule has 5 nitrogen and oxygen atoms in total. The van der Waals surface area contributed by atoms with Gasteiger partial charge in [-0.15, -0.1) is 11.3 Å². The lowest BCUT2D eigenvalue weighted by atomic mass is 9.91. The van der Waals surface area contributed by atoms with E-state index in [0.717, 1.165) is 29.5 Å². The molecule has 2 atom stereocenters. The van der Waals surface area contributed by atoms with Crippen molar-refractivity contribution < 1.29 is 15.0 Å². The molecule has 1 aromatic carbocycles. The van der Waals surface area contributed by atoms with E-state index in [1.165, 1.54) is 11.3 Å². The summed E-state index contributed by atoms with van der Waals surface area (Å²) in [5.41, 5.74) is 0.767. The van der Waals surface area contributed by atoms with E-state index in [4.69, 9.17) is 0 Å². The van der Waals surface area contributed by atoms with E-state index >= 15 is 0 Å². The molecule has 0 spiro atoms. The molecule has 112 valence electrons. The van der Waals surface area contributed by atoms with Gasteiger partial charge in [-0.05, 0) is 31.4 Å². The predicted molar refractivity (Wildman–Crippen MR) is 81.0 cm³/mol. The number of hydrogen-bond acceptors (Lipinski definition) is 5. The number of benzene rings is 1. The zero-order chi connectivity index (χ0) is 15.0. The molecule has 1 saturated carbocycles. The highest BCUT2D eigenvalue weighted by atomic mass is 32.1. The second-order valence-corrected chi connectivity index (χ2v) is 6.51. The van der Waals surface area contributed by atoms with Crippen molar-refractivity contribution in [2.45, 2.75) is 37.5 Å². The van der Waals surface area contributed by atoms with Crippen molar-refractivity contribution in [3.8, 4) is 0 Å². The first-order valence-corrected chi connectivity index (χ1v) is 7.88. The van der Waals surface area contributed by atoms with Crippen molar-refractivity contribution in [2.24, 2.45) is 0 Å². The van der Waals surface area contributed by atoms with Crippen LogP contribution in [0.25, 0.3) is 10.2 Å². The number of aliphatic hydroxyl groups excluding tert-OH is 2. The Balaban J connectivity index is 1.76. The molecule has 0 unspecified atom stereocenters. The van der Waals surface area contributed by atoms with Gasteiger partial charge in [-0.2, -0.15) is 0 Å². The normalized spacial score (nSPS) is 18.2. The number of hydrogen-bond donors (Lipinski definition) is 2. The summed E-state index contributed by atoms with van der Waals surface area (Å²) in [7, 11) is 1.68. The molecule has 0 aliphatic heterocycles. The van der Waals surface area contributed by atoms with Gasteiger partial charge < -0.3 is 15.1 Å². The molecule has 2 N–H and O–H groups in total. The fourth-order valence-corrected chi connectivity index (χ4v) is 3.43. The maximum atomic E-state index is 12.2. The molecule has 1 aliphatic rings. The standard InChI is InChI=1S/C15H18N2O3S/c1-17(9-5-4-6-9)15(20)13(19)12(18)14-16-10-7-2-3-8-11(10)21-14/h2-3,7-9,12-13,18-19H,4-6H2,1H3/t12-,13+/m0/s1. The Hall–Kier alpha value is -1.50. The highest BCUT2D eigenvalue weighted by Crippen LogP contribution is 2.30. The Morgan fingerprint density at radius 3 is 2.71 bits per heavy atom. The summed E-state index contributed by atoms with van der Waals surface area (Å²) in [5, 5.41) is 20.7. The number of nitrogens with zero attached hydrogens (tertiary/aromatic N) is 2. The molecule has 1 aromatic heterocycles. The molecule has 0 bridgehead atoms. The summed E-state index contributed by atoms with van der Waals surface area (Å²) in [6, 6.07) is 7.69. The van der Waals surface area contributed by atoms with Gasteiger partial charge >= 0.3 is 0 Å². The molecular weight excluding hydrogens is 288 g/mol. The number of fused-ring (bicyclic) bond motifs is 1. The Morgan fingerprint density at radius 2 is 2.10 bits per heavy atom. The quantitative estimate of drug-likeness (QED) is 0.902. The minimum Gasteiger partial charge on any atom is -0.383 e. The Kier molecular flexibility index (Phi) is 3.93. The number of carbonyl (C=O) groups excluding carboxylic acids is 1. The summed E-state index contributed by atoms with van der Waals surface area (Å²) >= 11 is 1.30. The van der Waals surface area contributed by atoms with Crippen LogP contribution >= 0.6 is 11.3 Å². The maximum absolute atomic E-state index is 12.2. The summed E-state index contributed by atoms with van der Waals surface area (Å²) in [5.74, 6) is -0.438. The highest BCUT2D eigenvalue weighted by molar-refractivity contribution is 7.18. The molecule has 0 saturated heterocycles. The second kappa shape index (κ2) is 5.71. The second-order valence-electron chi connectivity index (χ2n) is 5.44. The van der Waals surface area contributed by atoms with Crippen molar-refractivity contribution in [3.05, 3.63) is 29.3 Å². The van der Waals surface area contributed by atoms with Gasteiger partial charge in [-0.25, -0.2) is 4.98 Å². The fraction of sp³-hybridized carbons (Fsp3) is 0.467. The number of para-hydroxylation sites is 1. The number of rotatable bonds is 4. The number of carbonyl (C=O) groups is 1. The van der Waals surface area contributed by atoms with Crippen LogP contribution in [-0.2, 0) is 4.79 Å². The number of amides is 1. The van der Waals surface area contributed by atoms with Crippen LogP contribution in [0.1, 0.15) is 30.4 Å². The van der Waals surface area contributed by atoms with Crippen LogP contribution in [0.5, 0.6) is 0 Å². The lowest BCUT2D eigenvalue weighted by Crippen LogP contribution is -2.47. The van der Waals surface area contributed by atoms with Gasteiger partial charge in [0.2, 0.25) is 0 Å². The summed E-state index contributed by atoms with van der Waals surface area (Å²) in [6.45, 7) is 0. The zero-order valence-corrected chi connectivity index (χ0v) is 12.6. The van der Waals surface area contributed by atoms with Crippen molar-refractivity contribution in [1.29, 1.82) is 0 Å². The topological polar surface area (TPSA) is 73.7 Å². The van der Waals surface area contributed by atoms with Crippen molar-refractivity contribution >= 4 is 27.5 Å². The van der Waals surface area contributed by atoms with Gasteiger partial charge in [0.05, 0.1) is 10.2 Å². The van der Waals surface area contributed by atoms with Crippen LogP contribution in [0, 0.1) is 0 Å². The zero-order valence-electron chi connectivity index (χ0n) is 11.8. The van der Waals surface area contributed by atoms with Crippen LogP contribution in [0.4, 0.5) is 0 Å². The van der Waals surface area contributed by atoms with E-state index in [2.05, 4.69) is 4.98 Å². The van der Waals surface area contributed by atoms with Crippen LogP contribution in [-0.4, -0.2) is 45.2 Å². The molecule has 21 heavy (non-hydrogen) atoms. The van der Waals surface area contributed by atoms with Crippen molar-refractivity contribution in [2.75, 3.05) is 7.05 Å². The first-order valence-electron chi connectivity index (χ1n) is 7.06. The molecule has 2 aromatic rings. The molecule has 6 heteroatoms. The van der Waals surface area contributed by atoms with Gasteiger partial charge in [0.25, 0.3) is 5.91 Å². The van der Waals surface area contributed by atoms with E-state index in [9.17, 15) is 15.0 Å². The Labute approximate surface area is 126 Å². The highest BCUT2D eigenvalue weighted by Gasteiger charge is 2.34. The smallest absolute Gasteiger partial charge is 0.254 e. The molecule has 1 fully saturated rings. The van der Waals surface area contributed by atoms with Gasteiger partial charge in [-0.1, -0.05) is 12.1 Å². The third-order valence-corrected chi connectivity index (χ3v) is 5.19. The molecule has 0 radical (unpaired) electrons. The van der Waals surface area contributed by atoms with Gasteiger partial charge in [-0.3, -0.25) is 4.79 Å². The number of likely N-dealkylation sites (N-methyl/N-ethyl adjacent to an activating group) is 1. The van der Waals surface area contributed by atoms with Gasteiger partial charge in [0.1, 0.15) is 11.1 Å². The van der Waals surface area contributed by atoms with Crippen LogP contribution < -0.4 is 0 Å². The lowest BCUT2D eigenvalue weighted by Gasteiger charge is -2.36. The average Bonchev–Trinajstić information content (AvgIpc) is 2.86. The largest absolute Gasteiger partial charge is 0.383 e.